The number of carbonyl (C=O) groups excluding carboxylic acids is 2. The Hall–Kier alpha value is -0.960. The molecule has 1 saturated carbocycles. The van der Waals surface area contributed by atoms with Crippen LogP contribution in [-0.4, -0.2) is 24.8 Å². The number of rotatable bonds is 5. The van der Waals surface area contributed by atoms with Crippen LogP contribution in [-0.2, 0) is 14.3 Å². The Morgan fingerprint density at radius 2 is 2.31 bits per heavy atom. The third-order valence-electron chi connectivity index (χ3n) is 2.85. The summed E-state index contributed by atoms with van der Waals surface area (Å²) in [5.41, 5.74) is 0.685. The minimum absolute atomic E-state index is 0.0815. The summed E-state index contributed by atoms with van der Waals surface area (Å²) in [5.74, 6) is 0.356. The number of hydrogen-bond acceptors (Lipinski definition) is 3. The van der Waals surface area contributed by atoms with Gasteiger partial charge in [0.1, 0.15) is 12.1 Å². The SMILES string of the molecule is CCCOC1CCC(=O)CC1C=C(C)C=O. The van der Waals surface area contributed by atoms with Crippen LogP contribution in [0.15, 0.2) is 11.6 Å². The van der Waals surface area contributed by atoms with Gasteiger partial charge in [-0.05, 0) is 25.3 Å². The minimum Gasteiger partial charge on any atom is -0.378 e. The average molecular weight is 224 g/mol. The van der Waals surface area contributed by atoms with Gasteiger partial charge in [-0.15, -0.1) is 0 Å². The maximum atomic E-state index is 11.4. The predicted octanol–water partition coefficient (Wildman–Crippen LogP) is 2.30. The number of aldehydes is 1. The van der Waals surface area contributed by atoms with Gasteiger partial charge in [0, 0.05) is 25.4 Å². The first kappa shape index (κ1) is 13.1. The molecule has 0 amide bonds. The molecule has 0 radical (unpaired) electrons. The molecule has 1 aliphatic rings. The zero-order valence-electron chi connectivity index (χ0n) is 10.1. The maximum absolute atomic E-state index is 11.4. The monoisotopic (exact) mass is 224 g/mol. The first-order valence-electron chi connectivity index (χ1n) is 5.94. The maximum Gasteiger partial charge on any atom is 0.145 e. The highest BCUT2D eigenvalue weighted by Crippen LogP contribution is 2.26. The van der Waals surface area contributed by atoms with Crippen molar-refractivity contribution < 1.29 is 14.3 Å². The van der Waals surface area contributed by atoms with Gasteiger partial charge in [0.15, 0.2) is 0 Å². The molecule has 1 rings (SSSR count). The van der Waals surface area contributed by atoms with Crippen LogP contribution < -0.4 is 0 Å². The van der Waals surface area contributed by atoms with E-state index in [1.807, 2.05) is 6.08 Å². The molecule has 0 spiro atoms. The Bertz CT molecular complexity index is 281. The van der Waals surface area contributed by atoms with Crippen molar-refractivity contribution in [3.05, 3.63) is 11.6 Å². The molecule has 0 aromatic rings. The number of carbonyl (C=O) groups is 2. The van der Waals surface area contributed by atoms with Gasteiger partial charge < -0.3 is 4.74 Å². The fourth-order valence-electron chi connectivity index (χ4n) is 2.03. The summed E-state index contributed by atoms with van der Waals surface area (Å²) in [6.07, 6.45) is 5.70. The van der Waals surface area contributed by atoms with Gasteiger partial charge in [0.25, 0.3) is 0 Å². The summed E-state index contributed by atoms with van der Waals surface area (Å²) >= 11 is 0. The van der Waals surface area contributed by atoms with Gasteiger partial charge in [-0.25, -0.2) is 0 Å². The van der Waals surface area contributed by atoms with Crippen molar-refractivity contribution in [3.63, 3.8) is 0 Å². The number of ketones is 1. The quantitative estimate of drug-likeness (QED) is 0.531. The molecule has 2 unspecified atom stereocenters. The van der Waals surface area contributed by atoms with Crippen molar-refractivity contribution in [2.24, 2.45) is 5.92 Å². The standard InChI is InChI=1S/C13H20O3/c1-3-6-16-13-5-4-12(15)8-11(13)7-10(2)9-14/h7,9,11,13H,3-6,8H2,1-2H3. The van der Waals surface area contributed by atoms with Crippen LogP contribution in [0.3, 0.4) is 0 Å². The van der Waals surface area contributed by atoms with E-state index in [0.29, 0.717) is 18.4 Å². The number of allylic oxidation sites excluding steroid dienone is 1. The van der Waals surface area contributed by atoms with Crippen molar-refractivity contribution in [3.8, 4) is 0 Å². The minimum atomic E-state index is 0.0815. The summed E-state index contributed by atoms with van der Waals surface area (Å²) in [6.45, 7) is 4.56. The van der Waals surface area contributed by atoms with Gasteiger partial charge >= 0.3 is 0 Å². The van der Waals surface area contributed by atoms with E-state index in [1.54, 1.807) is 6.92 Å². The summed E-state index contributed by atoms with van der Waals surface area (Å²) in [6, 6.07) is 0. The number of hydrogen-bond donors (Lipinski definition) is 0. The van der Waals surface area contributed by atoms with E-state index < -0.39 is 0 Å². The van der Waals surface area contributed by atoms with Crippen LogP contribution in [0.25, 0.3) is 0 Å². The van der Waals surface area contributed by atoms with Crippen LogP contribution in [0.5, 0.6) is 0 Å². The molecule has 16 heavy (non-hydrogen) atoms. The molecule has 0 aromatic heterocycles. The van der Waals surface area contributed by atoms with Gasteiger partial charge in [-0.3, -0.25) is 9.59 Å². The second-order valence-corrected chi connectivity index (χ2v) is 4.38. The molecule has 0 N–H and O–H groups in total. The smallest absolute Gasteiger partial charge is 0.145 e. The summed E-state index contributed by atoms with van der Waals surface area (Å²) in [7, 11) is 0. The fraction of sp³-hybridized carbons (Fsp3) is 0.692. The van der Waals surface area contributed by atoms with Gasteiger partial charge in [0.05, 0.1) is 6.10 Å². The zero-order valence-corrected chi connectivity index (χ0v) is 10.1. The highest BCUT2D eigenvalue weighted by atomic mass is 16.5. The Kier molecular flexibility index (Phi) is 5.39. The van der Waals surface area contributed by atoms with Gasteiger partial charge in [-0.2, -0.15) is 0 Å². The molecule has 0 heterocycles. The van der Waals surface area contributed by atoms with Gasteiger partial charge in [-0.1, -0.05) is 13.0 Å². The molecule has 0 saturated heterocycles. The van der Waals surface area contributed by atoms with Crippen LogP contribution in [0.4, 0.5) is 0 Å². The Balaban J connectivity index is 2.64. The molecule has 0 bridgehead atoms. The van der Waals surface area contributed by atoms with E-state index in [2.05, 4.69) is 6.92 Å². The molecule has 1 aliphatic carbocycles. The Labute approximate surface area is 96.9 Å². The van der Waals surface area contributed by atoms with Crippen LogP contribution >= 0.6 is 0 Å². The second-order valence-electron chi connectivity index (χ2n) is 4.38. The van der Waals surface area contributed by atoms with E-state index >= 15 is 0 Å². The second kappa shape index (κ2) is 6.59. The molecular weight excluding hydrogens is 204 g/mol. The van der Waals surface area contributed by atoms with Crippen molar-refractivity contribution in [2.75, 3.05) is 6.61 Å². The van der Waals surface area contributed by atoms with E-state index in [-0.39, 0.29) is 17.8 Å². The molecular formula is C13H20O3. The van der Waals surface area contributed by atoms with E-state index in [1.165, 1.54) is 0 Å². The van der Waals surface area contributed by atoms with E-state index in [0.717, 1.165) is 25.7 Å². The lowest BCUT2D eigenvalue weighted by Crippen LogP contribution is -2.31. The van der Waals surface area contributed by atoms with E-state index in [9.17, 15) is 9.59 Å². The lowest BCUT2D eigenvalue weighted by Gasteiger charge is -2.29. The van der Waals surface area contributed by atoms with E-state index in [4.69, 9.17) is 4.74 Å². The lowest BCUT2D eigenvalue weighted by atomic mass is 9.84. The van der Waals surface area contributed by atoms with Crippen LogP contribution in [0, 0.1) is 5.92 Å². The third-order valence-corrected chi connectivity index (χ3v) is 2.85. The van der Waals surface area contributed by atoms with Crippen LogP contribution in [0.1, 0.15) is 39.5 Å². The summed E-state index contributed by atoms with van der Waals surface area (Å²) in [5, 5.41) is 0. The third kappa shape index (κ3) is 3.89. The zero-order chi connectivity index (χ0) is 12.0. The summed E-state index contributed by atoms with van der Waals surface area (Å²) in [4.78, 5) is 22.0. The molecule has 0 aliphatic heterocycles. The number of ether oxygens (including phenoxy) is 1. The largest absolute Gasteiger partial charge is 0.378 e. The van der Waals surface area contributed by atoms with Crippen molar-refractivity contribution in [1.29, 1.82) is 0 Å². The number of Topliss-reactive ketones (excluding diaryl/α,β-unsaturated/α-hetero) is 1. The highest BCUT2D eigenvalue weighted by molar-refractivity contribution is 5.80. The molecule has 3 heteroatoms. The van der Waals surface area contributed by atoms with Crippen LogP contribution in [0.2, 0.25) is 0 Å². The van der Waals surface area contributed by atoms with Crippen molar-refractivity contribution >= 4 is 12.1 Å². The van der Waals surface area contributed by atoms with Crippen molar-refractivity contribution in [2.45, 2.75) is 45.6 Å². The average Bonchev–Trinajstić information content (AvgIpc) is 2.28. The molecule has 90 valence electrons. The molecule has 1 fully saturated rings. The Morgan fingerprint density at radius 1 is 1.56 bits per heavy atom. The molecule has 2 atom stereocenters. The fourth-order valence-corrected chi connectivity index (χ4v) is 2.03. The normalized spacial score (nSPS) is 26.9. The predicted molar refractivity (Wildman–Crippen MR) is 62.2 cm³/mol. The first-order chi connectivity index (χ1) is 7.67. The van der Waals surface area contributed by atoms with Gasteiger partial charge in [0.2, 0.25) is 0 Å². The topological polar surface area (TPSA) is 43.4 Å². The first-order valence-corrected chi connectivity index (χ1v) is 5.94. The summed E-state index contributed by atoms with van der Waals surface area (Å²) < 4.78 is 5.73. The van der Waals surface area contributed by atoms with Crippen molar-refractivity contribution in [1.82, 2.24) is 0 Å². The lowest BCUT2D eigenvalue weighted by molar-refractivity contribution is -0.125. The molecule has 3 nitrogen and oxygen atoms in total. The Morgan fingerprint density at radius 3 is 2.94 bits per heavy atom. The molecule has 0 aromatic carbocycles. The highest BCUT2D eigenvalue weighted by Gasteiger charge is 2.28.